The Morgan fingerprint density at radius 3 is 2.73 bits per heavy atom. The zero-order valence-electron chi connectivity index (χ0n) is 15.6. The van der Waals surface area contributed by atoms with E-state index in [1.165, 1.54) is 11.8 Å². The number of carbonyl (C=O) groups excluding carboxylic acids is 1. The summed E-state index contributed by atoms with van der Waals surface area (Å²) < 4.78 is 7.56. The van der Waals surface area contributed by atoms with Gasteiger partial charge in [-0.25, -0.2) is 0 Å². The van der Waals surface area contributed by atoms with Crippen molar-refractivity contribution in [2.75, 3.05) is 11.1 Å². The van der Waals surface area contributed by atoms with E-state index >= 15 is 0 Å². The van der Waals surface area contributed by atoms with Gasteiger partial charge in [-0.2, -0.15) is 0 Å². The molecule has 30 heavy (non-hydrogen) atoms. The molecule has 1 heterocycles. The smallest absolute Gasteiger partial charge is 0.234 e. The maximum Gasteiger partial charge on any atom is 0.234 e. The van der Waals surface area contributed by atoms with E-state index in [4.69, 9.17) is 39.5 Å². The van der Waals surface area contributed by atoms with Gasteiger partial charge in [0.05, 0.1) is 21.5 Å². The van der Waals surface area contributed by atoms with Gasteiger partial charge in [-0.1, -0.05) is 64.8 Å². The number of amides is 1. The number of para-hydroxylation sites is 1. The molecule has 0 radical (unpaired) electrons. The fraction of sp³-hybridized carbons (Fsp3) is 0.150. The third kappa shape index (κ3) is 5.92. The van der Waals surface area contributed by atoms with Crippen molar-refractivity contribution in [2.45, 2.75) is 18.3 Å². The molecule has 156 valence electrons. The number of aromatic nitrogens is 3. The molecule has 0 saturated carbocycles. The van der Waals surface area contributed by atoms with Gasteiger partial charge < -0.3 is 10.1 Å². The molecule has 0 aliphatic heterocycles. The normalized spacial score (nSPS) is 10.6. The standard InChI is InChI=1S/C20H17Cl3N4O2S/c1-2-9-27-18(11-29-17-10-13(21)7-8-15(17)23)25-26-20(27)30-12-19(28)24-16-6-4-3-5-14(16)22/h2-8,10H,1,9,11-12H2,(H,24,28). The van der Waals surface area contributed by atoms with Crippen LogP contribution in [0.2, 0.25) is 15.1 Å². The molecule has 2 aromatic carbocycles. The number of ether oxygens (including phenoxy) is 1. The Kier molecular flexibility index (Phi) is 8.04. The number of benzene rings is 2. The Labute approximate surface area is 193 Å². The zero-order valence-corrected chi connectivity index (χ0v) is 18.7. The van der Waals surface area contributed by atoms with Crippen molar-refractivity contribution in [1.29, 1.82) is 0 Å². The van der Waals surface area contributed by atoms with E-state index in [0.29, 0.717) is 44.0 Å². The lowest BCUT2D eigenvalue weighted by Gasteiger charge is -2.10. The highest BCUT2D eigenvalue weighted by Gasteiger charge is 2.15. The summed E-state index contributed by atoms with van der Waals surface area (Å²) in [6, 6.07) is 12.0. The van der Waals surface area contributed by atoms with E-state index in [0.717, 1.165) is 0 Å². The van der Waals surface area contributed by atoms with Gasteiger partial charge in [0.15, 0.2) is 11.0 Å². The van der Waals surface area contributed by atoms with Crippen molar-refractivity contribution < 1.29 is 9.53 Å². The van der Waals surface area contributed by atoms with E-state index < -0.39 is 0 Å². The third-order valence-corrected chi connectivity index (χ3v) is 5.68. The van der Waals surface area contributed by atoms with E-state index in [-0.39, 0.29) is 18.3 Å². The Morgan fingerprint density at radius 1 is 1.17 bits per heavy atom. The summed E-state index contributed by atoms with van der Waals surface area (Å²) in [6.07, 6.45) is 1.72. The summed E-state index contributed by atoms with van der Waals surface area (Å²) in [5, 5.41) is 13.1. The maximum absolute atomic E-state index is 12.3. The lowest BCUT2D eigenvalue weighted by molar-refractivity contribution is -0.113. The molecule has 0 aliphatic carbocycles. The first-order valence-electron chi connectivity index (χ1n) is 8.76. The average Bonchev–Trinajstić information content (AvgIpc) is 3.11. The molecule has 1 amide bonds. The number of nitrogens with one attached hydrogen (secondary N) is 1. The van der Waals surface area contributed by atoms with Crippen LogP contribution in [-0.2, 0) is 17.9 Å². The van der Waals surface area contributed by atoms with E-state index in [2.05, 4.69) is 22.1 Å². The lowest BCUT2D eigenvalue weighted by atomic mass is 10.3. The second-order valence-corrected chi connectivity index (χ2v) is 8.17. The highest BCUT2D eigenvalue weighted by Crippen LogP contribution is 2.28. The summed E-state index contributed by atoms with van der Waals surface area (Å²) in [7, 11) is 0. The van der Waals surface area contributed by atoms with E-state index in [1.54, 1.807) is 48.5 Å². The van der Waals surface area contributed by atoms with Crippen LogP contribution < -0.4 is 10.1 Å². The molecule has 0 unspecified atom stereocenters. The molecule has 0 spiro atoms. The number of allylic oxidation sites excluding steroid dienone is 1. The van der Waals surface area contributed by atoms with Gasteiger partial charge in [0.1, 0.15) is 12.4 Å². The number of carbonyl (C=O) groups is 1. The highest BCUT2D eigenvalue weighted by atomic mass is 35.5. The molecule has 0 aliphatic rings. The van der Waals surface area contributed by atoms with Crippen molar-refractivity contribution in [1.82, 2.24) is 14.8 Å². The molecule has 0 atom stereocenters. The molecule has 1 N–H and O–H groups in total. The average molecular weight is 484 g/mol. The number of hydrogen-bond acceptors (Lipinski definition) is 5. The molecule has 3 aromatic rings. The number of rotatable bonds is 9. The Hall–Kier alpha value is -2.19. The SMILES string of the molecule is C=CCn1c(COc2cc(Cl)ccc2Cl)nnc1SCC(=O)Nc1ccccc1Cl. The monoisotopic (exact) mass is 482 g/mol. The fourth-order valence-corrected chi connectivity index (χ4v) is 3.74. The number of anilines is 1. The predicted molar refractivity (Wildman–Crippen MR) is 122 cm³/mol. The largest absolute Gasteiger partial charge is 0.484 e. The minimum absolute atomic E-state index is 0.132. The minimum Gasteiger partial charge on any atom is -0.484 e. The Balaban J connectivity index is 1.65. The van der Waals surface area contributed by atoms with Gasteiger partial charge in [-0.15, -0.1) is 16.8 Å². The summed E-state index contributed by atoms with van der Waals surface area (Å²) in [5.41, 5.74) is 0.560. The second kappa shape index (κ2) is 10.7. The molecule has 10 heteroatoms. The molecule has 0 saturated heterocycles. The van der Waals surface area contributed by atoms with Crippen LogP contribution in [0, 0.1) is 0 Å². The molecule has 0 fully saturated rings. The van der Waals surface area contributed by atoms with Crippen molar-refractivity contribution >= 4 is 58.2 Å². The molecule has 0 bridgehead atoms. The van der Waals surface area contributed by atoms with E-state index in [1.807, 2.05) is 4.57 Å². The number of nitrogens with zero attached hydrogens (tertiary/aromatic N) is 3. The summed E-state index contributed by atoms with van der Waals surface area (Å²) in [4.78, 5) is 12.3. The first-order valence-corrected chi connectivity index (χ1v) is 10.9. The van der Waals surface area contributed by atoms with Gasteiger partial charge in [-0.05, 0) is 24.3 Å². The van der Waals surface area contributed by atoms with Crippen LogP contribution in [0.5, 0.6) is 5.75 Å². The first-order chi connectivity index (χ1) is 14.5. The van der Waals surface area contributed by atoms with Gasteiger partial charge >= 0.3 is 0 Å². The van der Waals surface area contributed by atoms with Gasteiger partial charge in [0, 0.05) is 17.6 Å². The van der Waals surface area contributed by atoms with Crippen molar-refractivity contribution in [3.05, 3.63) is 76.0 Å². The quantitative estimate of drug-likeness (QED) is 0.311. The topological polar surface area (TPSA) is 69.0 Å². The Bertz CT molecular complexity index is 1060. The number of thioether (sulfide) groups is 1. The van der Waals surface area contributed by atoms with Crippen molar-refractivity contribution in [3.8, 4) is 5.75 Å². The molecule has 6 nitrogen and oxygen atoms in total. The molecular weight excluding hydrogens is 467 g/mol. The number of hydrogen-bond donors (Lipinski definition) is 1. The summed E-state index contributed by atoms with van der Waals surface area (Å²) >= 11 is 19.4. The van der Waals surface area contributed by atoms with E-state index in [9.17, 15) is 4.79 Å². The lowest BCUT2D eigenvalue weighted by Crippen LogP contribution is -2.15. The van der Waals surface area contributed by atoms with Gasteiger partial charge in [0.2, 0.25) is 5.91 Å². The maximum atomic E-state index is 12.3. The van der Waals surface area contributed by atoms with Crippen LogP contribution in [-0.4, -0.2) is 26.4 Å². The fourth-order valence-electron chi connectivity index (χ4n) is 2.45. The highest BCUT2D eigenvalue weighted by molar-refractivity contribution is 7.99. The second-order valence-electron chi connectivity index (χ2n) is 5.98. The van der Waals surface area contributed by atoms with Gasteiger partial charge in [0.25, 0.3) is 0 Å². The molecule has 3 rings (SSSR count). The van der Waals surface area contributed by atoms with Crippen LogP contribution in [0.1, 0.15) is 5.82 Å². The zero-order chi connectivity index (χ0) is 21.5. The van der Waals surface area contributed by atoms with Crippen molar-refractivity contribution in [3.63, 3.8) is 0 Å². The van der Waals surface area contributed by atoms with Crippen LogP contribution in [0.4, 0.5) is 5.69 Å². The number of halogens is 3. The van der Waals surface area contributed by atoms with Crippen LogP contribution in [0.25, 0.3) is 0 Å². The molecule has 1 aromatic heterocycles. The first kappa shape index (κ1) is 22.5. The summed E-state index contributed by atoms with van der Waals surface area (Å²) in [6.45, 7) is 4.36. The van der Waals surface area contributed by atoms with Gasteiger partial charge in [-0.3, -0.25) is 9.36 Å². The molecular formula is C20H17Cl3N4O2S. The third-order valence-electron chi connectivity index (χ3n) is 3.84. The predicted octanol–water partition coefficient (Wildman–Crippen LogP) is 5.73. The minimum atomic E-state index is -0.204. The van der Waals surface area contributed by atoms with Crippen LogP contribution in [0.15, 0.2) is 60.3 Å². The van der Waals surface area contributed by atoms with Crippen LogP contribution in [0.3, 0.4) is 0 Å². The summed E-state index contributed by atoms with van der Waals surface area (Å²) in [5.74, 6) is 0.956. The van der Waals surface area contributed by atoms with Crippen LogP contribution >= 0.6 is 46.6 Å². The Morgan fingerprint density at radius 2 is 1.97 bits per heavy atom. The van der Waals surface area contributed by atoms with Crippen molar-refractivity contribution in [2.24, 2.45) is 0 Å².